The van der Waals surface area contributed by atoms with Gasteiger partial charge in [0.25, 0.3) is 0 Å². The molecule has 0 aliphatic carbocycles. The van der Waals surface area contributed by atoms with E-state index in [1.54, 1.807) is 12.4 Å². The normalized spacial score (nSPS) is 11.7. The second-order valence-corrected chi connectivity index (χ2v) is 3.89. The Labute approximate surface area is 98.3 Å². The molecule has 5 nitrogen and oxygen atoms in total. The standard InChI is InChI=1S/C8H8F3N5S/c9-8(10,11)6-15-7(17-16-6)14-2-1-5-12-3-4-13-5/h3-4H,1-2H2,(H,12,13)(H,14,15,16). The van der Waals surface area contributed by atoms with Crippen molar-refractivity contribution in [3.8, 4) is 0 Å². The maximum Gasteiger partial charge on any atom is 0.452 e. The zero-order valence-electron chi connectivity index (χ0n) is 8.45. The minimum Gasteiger partial charge on any atom is -0.360 e. The Kier molecular flexibility index (Phi) is 3.27. The molecule has 2 rings (SSSR count). The van der Waals surface area contributed by atoms with Crippen molar-refractivity contribution in [3.05, 3.63) is 24.0 Å². The van der Waals surface area contributed by atoms with E-state index in [0.29, 0.717) is 24.5 Å². The third kappa shape index (κ3) is 3.16. The Morgan fingerprint density at radius 2 is 2.24 bits per heavy atom. The first-order valence-corrected chi connectivity index (χ1v) is 5.46. The summed E-state index contributed by atoms with van der Waals surface area (Å²) in [6, 6.07) is 0. The molecule has 0 unspecified atom stereocenters. The average Bonchev–Trinajstić information content (AvgIpc) is 2.86. The van der Waals surface area contributed by atoms with Gasteiger partial charge >= 0.3 is 6.18 Å². The van der Waals surface area contributed by atoms with E-state index < -0.39 is 12.0 Å². The predicted octanol–water partition coefficient (Wildman–Crippen LogP) is 1.93. The second-order valence-electron chi connectivity index (χ2n) is 3.13. The summed E-state index contributed by atoms with van der Waals surface area (Å²) in [6.07, 6.45) is -0.616. The molecule has 0 saturated heterocycles. The van der Waals surface area contributed by atoms with E-state index in [1.165, 1.54) is 0 Å². The summed E-state index contributed by atoms with van der Waals surface area (Å²) in [5, 5.41) is 2.92. The van der Waals surface area contributed by atoms with Gasteiger partial charge in [0.2, 0.25) is 11.0 Å². The Morgan fingerprint density at radius 1 is 1.41 bits per heavy atom. The summed E-state index contributed by atoms with van der Waals surface area (Å²) in [6.45, 7) is 0.444. The molecular formula is C8H8F3N5S. The van der Waals surface area contributed by atoms with Crippen LogP contribution in [0.4, 0.5) is 18.3 Å². The van der Waals surface area contributed by atoms with Crippen molar-refractivity contribution in [3.63, 3.8) is 0 Å². The first-order valence-electron chi connectivity index (χ1n) is 4.69. The van der Waals surface area contributed by atoms with Crippen LogP contribution in [0.1, 0.15) is 11.6 Å². The summed E-state index contributed by atoms with van der Waals surface area (Å²) >= 11 is 0.691. The molecule has 0 atom stereocenters. The number of aromatic nitrogens is 4. The Hall–Kier alpha value is -1.64. The molecule has 0 saturated carbocycles. The number of imidazole rings is 1. The number of anilines is 1. The lowest BCUT2D eigenvalue weighted by Crippen LogP contribution is -2.09. The Balaban J connectivity index is 1.85. The highest BCUT2D eigenvalue weighted by Gasteiger charge is 2.36. The highest BCUT2D eigenvalue weighted by atomic mass is 32.1. The van der Waals surface area contributed by atoms with Crippen molar-refractivity contribution in [1.29, 1.82) is 0 Å². The monoisotopic (exact) mass is 263 g/mol. The summed E-state index contributed by atoms with van der Waals surface area (Å²) in [4.78, 5) is 10.2. The van der Waals surface area contributed by atoms with Gasteiger partial charge in [-0.15, -0.1) is 0 Å². The number of rotatable bonds is 4. The van der Waals surface area contributed by atoms with Crippen molar-refractivity contribution in [2.45, 2.75) is 12.6 Å². The molecule has 0 spiro atoms. The molecule has 0 radical (unpaired) electrons. The number of nitrogens with zero attached hydrogens (tertiary/aromatic N) is 3. The fourth-order valence-electron chi connectivity index (χ4n) is 1.13. The number of hydrogen-bond donors (Lipinski definition) is 2. The number of aromatic amines is 1. The maximum atomic E-state index is 12.2. The minimum atomic E-state index is -4.49. The molecule has 0 aliphatic rings. The van der Waals surface area contributed by atoms with E-state index in [0.717, 1.165) is 5.82 Å². The van der Waals surface area contributed by atoms with E-state index in [4.69, 9.17) is 0 Å². The van der Waals surface area contributed by atoms with Gasteiger partial charge in [-0.3, -0.25) is 0 Å². The third-order valence-corrected chi connectivity index (χ3v) is 2.55. The van der Waals surface area contributed by atoms with E-state index in [1.807, 2.05) is 0 Å². The van der Waals surface area contributed by atoms with Crippen LogP contribution in [0, 0.1) is 0 Å². The zero-order chi connectivity index (χ0) is 12.3. The molecule has 0 amide bonds. The quantitative estimate of drug-likeness (QED) is 0.884. The Morgan fingerprint density at radius 3 is 2.82 bits per heavy atom. The SMILES string of the molecule is FC(F)(F)c1nsc(NCCc2ncc[nH]2)n1. The first kappa shape index (κ1) is 11.8. The molecule has 0 fully saturated rings. The predicted molar refractivity (Wildman–Crippen MR) is 55.7 cm³/mol. The number of halogens is 3. The molecule has 2 N–H and O–H groups in total. The van der Waals surface area contributed by atoms with Crippen LogP contribution in [0.5, 0.6) is 0 Å². The van der Waals surface area contributed by atoms with Crippen molar-refractivity contribution in [2.24, 2.45) is 0 Å². The highest BCUT2D eigenvalue weighted by Crippen LogP contribution is 2.28. The van der Waals surface area contributed by atoms with Gasteiger partial charge in [0.15, 0.2) is 0 Å². The smallest absolute Gasteiger partial charge is 0.360 e. The lowest BCUT2D eigenvalue weighted by molar-refractivity contribution is -0.144. The van der Waals surface area contributed by atoms with Crippen LogP contribution in [-0.2, 0) is 12.6 Å². The van der Waals surface area contributed by atoms with E-state index >= 15 is 0 Å². The van der Waals surface area contributed by atoms with Gasteiger partial charge in [-0.25, -0.2) is 4.98 Å². The summed E-state index contributed by atoms with van der Waals surface area (Å²) in [5.41, 5.74) is 0. The molecular weight excluding hydrogens is 255 g/mol. The van der Waals surface area contributed by atoms with E-state index in [-0.39, 0.29) is 5.13 Å². The van der Waals surface area contributed by atoms with Gasteiger partial charge < -0.3 is 10.3 Å². The fourth-order valence-corrected chi connectivity index (χ4v) is 1.74. The molecule has 0 aliphatic heterocycles. The van der Waals surface area contributed by atoms with E-state index in [2.05, 4.69) is 24.6 Å². The van der Waals surface area contributed by atoms with Crippen LogP contribution in [0.2, 0.25) is 0 Å². The summed E-state index contributed by atoms with van der Waals surface area (Å²) < 4.78 is 39.8. The van der Waals surface area contributed by atoms with Crippen LogP contribution in [0.3, 0.4) is 0 Å². The van der Waals surface area contributed by atoms with Crippen LogP contribution < -0.4 is 5.32 Å². The van der Waals surface area contributed by atoms with Crippen LogP contribution >= 0.6 is 11.5 Å². The van der Waals surface area contributed by atoms with Crippen molar-refractivity contribution >= 4 is 16.7 Å². The van der Waals surface area contributed by atoms with Crippen molar-refractivity contribution in [2.75, 3.05) is 11.9 Å². The average molecular weight is 263 g/mol. The van der Waals surface area contributed by atoms with Gasteiger partial charge in [0, 0.05) is 36.9 Å². The third-order valence-electron chi connectivity index (χ3n) is 1.87. The van der Waals surface area contributed by atoms with Crippen molar-refractivity contribution < 1.29 is 13.2 Å². The molecule has 2 heterocycles. The van der Waals surface area contributed by atoms with Gasteiger partial charge in [-0.05, 0) is 0 Å². The first-order chi connectivity index (χ1) is 8.05. The van der Waals surface area contributed by atoms with Crippen LogP contribution in [0.25, 0.3) is 0 Å². The number of H-pyrrole nitrogens is 1. The largest absolute Gasteiger partial charge is 0.452 e. The van der Waals surface area contributed by atoms with Gasteiger partial charge in [-0.1, -0.05) is 0 Å². The van der Waals surface area contributed by atoms with Crippen LogP contribution in [-0.4, -0.2) is 25.9 Å². The lowest BCUT2D eigenvalue weighted by Gasteiger charge is -2.00. The second kappa shape index (κ2) is 4.70. The fraction of sp³-hybridized carbons (Fsp3) is 0.375. The molecule has 0 aromatic carbocycles. The molecule has 0 bridgehead atoms. The summed E-state index contributed by atoms with van der Waals surface area (Å²) in [5.74, 6) is -0.346. The Bertz CT molecular complexity index is 464. The van der Waals surface area contributed by atoms with Crippen molar-refractivity contribution in [1.82, 2.24) is 19.3 Å². The molecule has 9 heteroatoms. The topological polar surface area (TPSA) is 66.5 Å². The number of hydrogen-bond acceptors (Lipinski definition) is 5. The lowest BCUT2D eigenvalue weighted by atomic mass is 10.4. The summed E-state index contributed by atoms with van der Waals surface area (Å²) in [7, 11) is 0. The zero-order valence-corrected chi connectivity index (χ0v) is 9.27. The van der Waals surface area contributed by atoms with Crippen LogP contribution in [0.15, 0.2) is 12.4 Å². The van der Waals surface area contributed by atoms with Gasteiger partial charge in [-0.2, -0.15) is 22.5 Å². The van der Waals surface area contributed by atoms with E-state index in [9.17, 15) is 13.2 Å². The number of nitrogens with one attached hydrogen (secondary N) is 2. The van der Waals surface area contributed by atoms with Gasteiger partial charge in [0.1, 0.15) is 5.82 Å². The highest BCUT2D eigenvalue weighted by molar-refractivity contribution is 7.09. The molecule has 92 valence electrons. The molecule has 17 heavy (non-hydrogen) atoms. The van der Waals surface area contributed by atoms with Gasteiger partial charge in [0.05, 0.1) is 0 Å². The number of alkyl halides is 3. The molecule has 2 aromatic rings. The molecule has 2 aromatic heterocycles. The minimum absolute atomic E-state index is 0.156. The maximum absolute atomic E-state index is 12.2.